The van der Waals surface area contributed by atoms with Crippen LogP contribution in [0.5, 0.6) is 0 Å². The van der Waals surface area contributed by atoms with Crippen molar-refractivity contribution in [3.63, 3.8) is 0 Å². The summed E-state index contributed by atoms with van der Waals surface area (Å²) in [6, 6.07) is 0. The smallest absolute Gasteiger partial charge is 0.305 e. The molecule has 0 aliphatic carbocycles. The van der Waals surface area contributed by atoms with Crippen molar-refractivity contribution in [3.05, 3.63) is 0 Å². The Hall–Kier alpha value is -0.570. The lowest BCUT2D eigenvalue weighted by molar-refractivity contribution is -0.143. The molecule has 0 rings (SSSR count). The molecule has 0 unspecified atom stereocenters. The average Bonchev–Trinajstić information content (AvgIpc) is 2.84. The third-order valence-corrected chi connectivity index (χ3v) is 7.05. The largest absolute Gasteiger partial charge is 0.466 e. The Labute approximate surface area is 214 Å². The summed E-state index contributed by atoms with van der Waals surface area (Å²) in [5.41, 5.74) is 0. The van der Waals surface area contributed by atoms with E-state index in [1.54, 1.807) is 0 Å². The second-order valence-electron chi connectivity index (χ2n) is 10.5. The number of hydrogen-bond acceptors (Lipinski definition) is 3. The molecule has 3 nitrogen and oxygen atoms in total. The first-order chi connectivity index (χ1) is 16.8. The fourth-order valence-electron chi connectivity index (χ4n) is 4.70. The van der Waals surface area contributed by atoms with Crippen LogP contribution in [0.1, 0.15) is 180 Å². The van der Waals surface area contributed by atoms with E-state index in [0.717, 1.165) is 32.1 Å². The van der Waals surface area contributed by atoms with Gasteiger partial charge in [0.1, 0.15) is 0 Å². The molecule has 1 N–H and O–H groups in total. The molecule has 3 heteroatoms. The van der Waals surface area contributed by atoms with E-state index < -0.39 is 0 Å². The number of hydrogen-bond donors (Lipinski definition) is 1. The fraction of sp³-hybridized carbons (Fsp3) is 0.968. The lowest BCUT2D eigenvalue weighted by Crippen LogP contribution is -2.05. The summed E-state index contributed by atoms with van der Waals surface area (Å²) in [5, 5.41) is 8.74. The van der Waals surface area contributed by atoms with Crippen LogP contribution in [-0.2, 0) is 9.53 Å². The van der Waals surface area contributed by atoms with Crippen LogP contribution in [0, 0.1) is 0 Å². The highest BCUT2D eigenvalue weighted by Crippen LogP contribution is 2.15. The SMILES string of the molecule is CCCCCCCCCCCCCCCCCCCCCC(=O)OCCCCCCCCCO. The first-order valence-corrected chi connectivity index (χ1v) is 15.6. The monoisotopic (exact) mass is 482 g/mol. The zero-order chi connectivity index (χ0) is 24.8. The second-order valence-corrected chi connectivity index (χ2v) is 10.5. The standard InChI is InChI=1S/C31H62O3/c1-2-3-4-5-6-7-8-9-10-11-12-13-14-15-16-17-19-22-25-28-31(33)34-30-27-24-21-18-20-23-26-29-32/h32H,2-30H2,1H3. The predicted molar refractivity (Wildman–Crippen MR) is 148 cm³/mol. The Balaban J connectivity index is 3.12. The van der Waals surface area contributed by atoms with Crippen molar-refractivity contribution in [2.45, 2.75) is 180 Å². The van der Waals surface area contributed by atoms with Crippen LogP contribution in [0.3, 0.4) is 0 Å². The van der Waals surface area contributed by atoms with E-state index in [1.165, 1.54) is 135 Å². The number of ether oxygens (including phenoxy) is 1. The van der Waals surface area contributed by atoms with Crippen LogP contribution in [0.4, 0.5) is 0 Å². The molecular weight excluding hydrogens is 420 g/mol. The maximum absolute atomic E-state index is 11.8. The zero-order valence-corrected chi connectivity index (χ0v) is 23.3. The first kappa shape index (κ1) is 33.4. The van der Waals surface area contributed by atoms with Gasteiger partial charge in [0.2, 0.25) is 0 Å². The normalized spacial score (nSPS) is 11.2. The van der Waals surface area contributed by atoms with E-state index in [9.17, 15) is 4.79 Å². The molecule has 0 amide bonds. The molecule has 0 aromatic heterocycles. The minimum Gasteiger partial charge on any atom is -0.466 e. The van der Waals surface area contributed by atoms with Gasteiger partial charge in [0.05, 0.1) is 6.61 Å². The molecule has 0 aliphatic rings. The summed E-state index contributed by atoms with van der Waals surface area (Å²) in [4.78, 5) is 11.8. The van der Waals surface area contributed by atoms with Gasteiger partial charge in [-0.25, -0.2) is 0 Å². The van der Waals surface area contributed by atoms with Crippen molar-refractivity contribution in [2.75, 3.05) is 13.2 Å². The van der Waals surface area contributed by atoms with Crippen molar-refractivity contribution in [1.29, 1.82) is 0 Å². The van der Waals surface area contributed by atoms with Crippen LogP contribution < -0.4 is 0 Å². The van der Waals surface area contributed by atoms with E-state index in [-0.39, 0.29) is 5.97 Å². The summed E-state index contributed by atoms with van der Waals surface area (Å²) in [6.45, 7) is 3.20. The number of aliphatic hydroxyl groups is 1. The topological polar surface area (TPSA) is 46.5 Å². The van der Waals surface area contributed by atoms with E-state index in [1.807, 2.05) is 0 Å². The number of aliphatic hydroxyl groups excluding tert-OH is 1. The molecule has 0 aromatic rings. The Morgan fingerprint density at radius 2 is 0.794 bits per heavy atom. The van der Waals surface area contributed by atoms with Gasteiger partial charge in [-0.1, -0.05) is 155 Å². The van der Waals surface area contributed by atoms with Gasteiger partial charge in [-0.3, -0.25) is 4.79 Å². The Morgan fingerprint density at radius 1 is 0.471 bits per heavy atom. The lowest BCUT2D eigenvalue weighted by atomic mass is 10.0. The molecule has 0 atom stereocenters. The van der Waals surface area contributed by atoms with Gasteiger partial charge >= 0.3 is 5.97 Å². The Kier molecular flexibility index (Phi) is 30.0. The molecule has 0 aliphatic heterocycles. The van der Waals surface area contributed by atoms with Crippen LogP contribution in [0.2, 0.25) is 0 Å². The lowest BCUT2D eigenvalue weighted by Gasteiger charge is -2.05. The number of rotatable bonds is 29. The van der Waals surface area contributed by atoms with Crippen molar-refractivity contribution in [2.24, 2.45) is 0 Å². The molecule has 34 heavy (non-hydrogen) atoms. The van der Waals surface area contributed by atoms with E-state index >= 15 is 0 Å². The molecule has 204 valence electrons. The maximum atomic E-state index is 11.8. The van der Waals surface area contributed by atoms with Crippen molar-refractivity contribution in [3.8, 4) is 0 Å². The van der Waals surface area contributed by atoms with Crippen LogP contribution in [-0.4, -0.2) is 24.3 Å². The molecule has 0 saturated carbocycles. The van der Waals surface area contributed by atoms with Crippen LogP contribution >= 0.6 is 0 Å². The summed E-state index contributed by atoms with van der Waals surface area (Å²) in [7, 11) is 0. The summed E-state index contributed by atoms with van der Waals surface area (Å²) >= 11 is 0. The second kappa shape index (κ2) is 30.5. The molecule has 0 spiro atoms. The van der Waals surface area contributed by atoms with Gasteiger partial charge in [-0.15, -0.1) is 0 Å². The zero-order valence-electron chi connectivity index (χ0n) is 23.3. The molecule has 0 aromatic carbocycles. The van der Waals surface area contributed by atoms with Gasteiger partial charge in [0.15, 0.2) is 0 Å². The maximum Gasteiger partial charge on any atom is 0.305 e. The first-order valence-electron chi connectivity index (χ1n) is 15.6. The quantitative estimate of drug-likeness (QED) is 0.0851. The molecule has 0 fully saturated rings. The fourth-order valence-corrected chi connectivity index (χ4v) is 4.70. The minimum atomic E-state index is -0.00470. The highest BCUT2D eigenvalue weighted by Gasteiger charge is 2.02. The van der Waals surface area contributed by atoms with E-state index in [0.29, 0.717) is 19.6 Å². The predicted octanol–water partition coefficient (Wildman–Crippen LogP) is 10.1. The third kappa shape index (κ3) is 29.5. The Morgan fingerprint density at radius 3 is 1.18 bits per heavy atom. The van der Waals surface area contributed by atoms with Gasteiger partial charge in [-0.2, -0.15) is 0 Å². The van der Waals surface area contributed by atoms with Crippen molar-refractivity contribution < 1.29 is 14.6 Å². The summed E-state index contributed by atoms with van der Waals surface area (Å²) in [6.07, 6.45) is 34.6. The minimum absolute atomic E-state index is 0.00470. The highest BCUT2D eigenvalue weighted by atomic mass is 16.5. The Bertz CT molecular complexity index is 383. The average molecular weight is 483 g/mol. The van der Waals surface area contributed by atoms with Crippen molar-refractivity contribution in [1.82, 2.24) is 0 Å². The van der Waals surface area contributed by atoms with Gasteiger partial charge in [0, 0.05) is 13.0 Å². The van der Waals surface area contributed by atoms with E-state index in [4.69, 9.17) is 9.84 Å². The molecule has 0 saturated heterocycles. The van der Waals surface area contributed by atoms with E-state index in [2.05, 4.69) is 6.92 Å². The van der Waals surface area contributed by atoms with Crippen molar-refractivity contribution >= 4 is 5.97 Å². The number of esters is 1. The van der Waals surface area contributed by atoms with Gasteiger partial charge < -0.3 is 9.84 Å². The number of unbranched alkanes of at least 4 members (excludes halogenated alkanes) is 24. The third-order valence-electron chi connectivity index (χ3n) is 7.05. The van der Waals surface area contributed by atoms with Crippen LogP contribution in [0.15, 0.2) is 0 Å². The van der Waals surface area contributed by atoms with Gasteiger partial charge in [-0.05, 0) is 19.3 Å². The number of carbonyl (C=O) groups excluding carboxylic acids is 1. The highest BCUT2D eigenvalue weighted by molar-refractivity contribution is 5.69. The molecule has 0 bridgehead atoms. The molecular formula is C31H62O3. The number of carbonyl (C=O) groups is 1. The van der Waals surface area contributed by atoms with Gasteiger partial charge in [0.25, 0.3) is 0 Å². The van der Waals surface area contributed by atoms with Crippen LogP contribution in [0.25, 0.3) is 0 Å². The summed E-state index contributed by atoms with van der Waals surface area (Å²) in [5.74, 6) is -0.00470. The molecule has 0 radical (unpaired) electrons. The summed E-state index contributed by atoms with van der Waals surface area (Å²) < 4.78 is 5.35. The molecule has 0 heterocycles.